The second-order valence-electron chi connectivity index (χ2n) is 2.64. The van der Waals surface area contributed by atoms with Gasteiger partial charge < -0.3 is 9.84 Å². The third-order valence-corrected chi connectivity index (χ3v) is 1.83. The Morgan fingerprint density at radius 2 is 2.21 bits per heavy atom. The maximum atomic E-state index is 10.7. The van der Waals surface area contributed by atoms with Crippen LogP contribution in [0.5, 0.6) is 5.75 Å². The Kier molecular flexibility index (Phi) is 3.08. The van der Waals surface area contributed by atoms with Crippen LogP contribution < -0.4 is 4.74 Å². The molecule has 72 valence electrons. The van der Waals surface area contributed by atoms with Gasteiger partial charge in [0.1, 0.15) is 5.75 Å². The second-order valence-corrected chi connectivity index (χ2v) is 2.64. The number of nitrogens with zero attached hydrogens (tertiary/aromatic N) is 1. The number of aliphatic carboxylic acids is 1. The Bertz CT molecular complexity index is 381. The average molecular weight is 191 g/mol. The van der Waals surface area contributed by atoms with E-state index in [2.05, 4.69) is 0 Å². The molecule has 1 rings (SSSR count). The molecule has 0 aromatic heterocycles. The molecule has 14 heavy (non-hydrogen) atoms. The fraction of sp³-hybridized carbons (Fsp3) is 0.200. The number of methoxy groups -OCH3 is 1. The number of nitriles is 1. The first-order valence-corrected chi connectivity index (χ1v) is 3.96. The predicted molar refractivity (Wildman–Crippen MR) is 49.0 cm³/mol. The van der Waals surface area contributed by atoms with Gasteiger partial charge in [0.2, 0.25) is 0 Å². The van der Waals surface area contributed by atoms with Crippen LogP contribution in [-0.2, 0) is 4.79 Å². The van der Waals surface area contributed by atoms with E-state index in [-0.39, 0.29) is 0 Å². The first-order valence-electron chi connectivity index (χ1n) is 3.96. The van der Waals surface area contributed by atoms with Gasteiger partial charge in [0, 0.05) is 5.56 Å². The topological polar surface area (TPSA) is 70.3 Å². The zero-order valence-electron chi connectivity index (χ0n) is 7.60. The molecule has 0 amide bonds. The summed E-state index contributed by atoms with van der Waals surface area (Å²) in [6.07, 6.45) is 0. The van der Waals surface area contributed by atoms with Crippen molar-refractivity contribution in [2.24, 2.45) is 0 Å². The van der Waals surface area contributed by atoms with Crippen molar-refractivity contribution >= 4 is 5.97 Å². The number of carboxylic acids is 1. The highest BCUT2D eigenvalue weighted by molar-refractivity contribution is 5.80. The predicted octanol–water partition coefficient (Wildman–Crippen LogP) is 1.39. The lowest BCUT2D eigenvalue weighted by molar-refractivity contribution is -0.137. The van der Waals surface area contributed by atoms with Crippen molar-refractivity contribution < 1.29 is 14.6 Å². The molecule has 0 aliphatic carbocycles. The molecule has 0 radical (unpaired) electrons. The summed E-state index contributed by atoms with van der Waals surface area (Å²) in [5.41, 5.74) is 0.380. The van der Waals surface area contributed by atoms with E-state index in [4.69, 9.17) is 15.1 Å². The van der Waals surface area contributed by atoms with Crippen LogP contribution in [0.1, 0.15) is 11.5 Å². The molecule has 0 heterocycles. The monoisotopic (exact) mass is 191 g/mol. The molecule has 0 spiro atoms. The molecule has 1 N–H and O–H groups in total. The minimum atomic E-state index is -1.17. The quantitative estimate of drug-likeness (QED) is 0.783. The summed E-state index contributed by atoms with van der Waals surface area (Å²) in [6, 6.07) is 8.30. The van der Waals surface area contributed by atoms with Gasteiger partial charge in [-0.05, 0) is 6.07 Å². The van der Waals surface area contributed by atoms with Crippen molar-refractivity contribution in [1.29, 1.82) is 5.26 Å². The lowest BCUT2D eigenvalue weighted by atomic mass is 10.00. The molecule has 0 aliphatic heterocycles. The number of para-hydroxylation sites is 1. The maximum absolute atomic E-state index is 10.7. The van der Waals surface area contributed by atoms with E-state index < -0.39 is 11.9 Å². The summed E-state index contributed by atoms with van der Waals surface area (Å²) in [5.74, 6) is -1.93. The van der Waals surface area contributed by atoms with Crippen LogP contribution >= 0.6 is 0 Å². The van der Waals surface area contributed by atoms with E-state index in [0.717, 1.165) is 0 Å². The lowest BCUT2D eigenvalue weighted by Crippen LogP contribution is -2.10. The van der Waals surface area contributed by atoms with Crippen LogP contribution in [-0.4, -0.2) is 18.2 Å². The van der Waals surface area contributed by atoms with Crippen LogP contribution in [0.2, 0.25) is 0 Å². The summed E-state index contributed by atoms with van der Waals surface area (Å²) in [6.45, 7) is 0. The van der Waals surface area contributed by atoms with E-state index >= 15 is 0 Å². The van der Waals surface area contributed by atoms with Crippen LogP contribution in [0.25, 0.3) is 0 Å². The molecule has 0 fully saturated rings. The van der Waals surface area contributed by atoms with Crippen LogP contribution in [0, 0.1) is 11.3 Å². The first kappa shape index (κ1) is 10.1. The third kappa shape index (κ3) is 1.83. The number of ether oxygens (including phenoxy) is 1. The summed E-state index contributed by atoms with van der Waals surface area (Å²) in [4.78, 5) is 10.7. The largest absolute Gasteiger partial charge is 0.496 e. The van der Waals surface area contributed by atoms with Crippen LogP contribution in [0.4, 0.5) is 0 Å². The van der Waals surface area contributed by atoms with Gasteiger partial charge in [-0.1, -0.05) is 18.2 Å². The lowest BCUT2D eigenvalue weighted by Gasteiger charge is -2.09. The molecule has 1 aromatic carbocycles. The number of carbonyl (C=O) groups is 1. The van der Waals surface area contributed by atoms with Gasteiger partial charge in [-0.2, -0.15) is 5.26 Å². The van der Waals surface area contributed by atoms with Crippen molar-refractivity contribution in [2.75, 3.05) is 7.11 Å². The molecule has 4 nitrogen and oxygen atoms in total. The van der Waals surface area contributed by atoms with E-state index in [1.165, 1.54) is 7.11 Å². The van der Waals surface area contributed by atoms with Gasteiger partial charge in [-0.15, -0.1) is 0 Å². The van der Waals surface area contributed by atoms with Gasteiger partial charge in [-0.25, -0.2) is 0 Å². The molecule has 1 unspecified atom stereocenters. The highest BCUT2D eigenvalue weighted by Gasteiger charge is 2.22. The van der Waals surface area contributed by atoms with E-state index in [9.17, 15) is 4.79 Å². The summed E-state index contributed by atoms with van der Waals surface area (Å²) in [7, 11) is 1.44. The Hall–Kier alpha value is -2.02. The number of carboxylic acid groups (broad SMARTS) is 1. The molecular formula is C10H9NO3. The molecule has 4 heteroatoms. The van der Waals surface area contributed by atoms with Gasteiger partial charge in [0.15, 0.2) is 5.92 Å². The number of benzene rings is 1. The van der Waals surface area contributed by atoms with Gasteiger partial charge in [0.25, 0.3) is 0 Å². The molecular weight excluding hydrogens is 182 g/mol. The van der Waals surface area contributed by atoms with Crippen molar-refractivity contribution in [3.63, 3.8) is 0 Å². The van der Waals surface area contributed by atoms with Crippen molar-refractivity contribution in [1.82, 2.24) is 0 Å². The van der Waals surface area contributed by atoms with Gasteiger partial charge >= 0.3 is 5.97 Å². The fourth-order valence-corrected chi connectivity index (χ4v) is 1.16. The average Bonchev–Trinajstić information content (AvgIpc) is 2.19. The SMILES string of the molecule is COc1ccccc1C(C#N)C(=O)O. The number of hydrogen-bond donors (Lipinski definition) is 1. The molecule has 1 aromatic rings. The fourth-order valence-electron chi connectivity index (χ4n) is 1.16. The Morgan fingerprint density at radius 1 is 1.57 bits per heavy atom. The van der Waals surface area contributed by atoms with Gasteiger partial charge in [0.05, 0.1) is 13.2 Å². The highest BCUT2D eigenvalue weighted by atomic mass is 16.5. The normalized spacial score (nSPS) is 11.4. The minimum Gasteiger partial charge on any atom is -0.496 e. The molecule has 0 aliphatic rings. The van der Waals surface area contributed by atoms with Crippen molar-refractivity contribution in [2.45, 2.75) is 5.92 Å². The molecule has 0 saturated carbocycles. The third-order valence-electron chi connectivity index (χ3n) is 1.83. The van der Waals surface area contributed by atoms with Crippen LogP contribution in [0.3, 0.4) is 0 Å². The van der Waals surface area contributed by atoms with Crippen LogP contribution in [0.15, 0.2) is 24.3 Å². The van der Waals surface area contributed by atoms with Crippen molar-refractivity contribution in [3.05, 3.63) is 29.8 Å². The van der Waals surface area contributed by atoms with Gasteiger partial charge in [-0.3, -0.25) is 4.79 Å². The summed E-state index contributed by atoms with van der Waals surface area (Å²) in [5, 5.41) is 17.5. The Labute approximate surface area is 81.4 Å². The maximum Gasteiger partial charge on any atom is 0.325 e. The molecule has 0 bridgehead atoms. The number of rotatable bonds is 3. The minimum absolute atomic E-state index is 0.380. The highest BCUT2D eigenvalue weighted by Crippen LogP contribution is 2.25. The second kappa shape index (κ2) is 4.28. The summed E-state index contributed by atoms with van der Waals surface area (Å²) >= 11 is 0. The standard InChI is InChI=1S/C10H9NO3/c1-14-9-5-3-2-4-7(9)8(6-11)10(12)13/h2-5,8H,1H3,(H,12,13). The Morgan fingerprint density at radius 3 is 2.71 bits per heavy atom. The molecule has 0 saturated heterocycles. The molecule has 1 atom stereocenters. The zero-order valence-corrected chi connectivity index (χ0v) is 7.60. The number of hydrogen-bond acceptors (Lipinski definition) is 3. The summed E-state index contributed by atoms with van der Waals surface area (Å²) < 4.78 is 4.96. The first-order chi connectivity index (χ1) is 6.70. The Balaban J connectivity index is 3.17. The smallest absolute Gasteiger partial charge is 0.325 e. The van der Waals surface area contributed by atoms with Crippen molar-refractivity contribution in [3.8, 4) is 11.8 Å². The van der Waals surface area contributed by atoms with E-state index in [1.807, 2.05) is 0 Å². The zero-order chi connectivity index (χ0) is 10.6. The van der Waals surface area contributed by atoms with E-state index in [1.54, 1.807) is 30.3 Å². The van der Waals surface area contributed by atoms with E-state index in [0.29, 0.717) is 11.3 Å².